The Balaban J connectivity index is 1.45. The lowest BCUT2D eigenvalue weighted by molar-refractivity contribution is -0.114. The van der Waals surface area contributed by atoms with E-state index >= 15 is 0 Å². The van der Waals surface area contributed by atoms with Crippen LogP contribution in [0.4, 0.5) is 5.69 Å². The molecule has 0 atom stereocenters. The summed E-state index contributed by atoms with van der Waals surface area (Å²) in [5.41, 5.74) is 5.70. The second-order valence-corrected chi connectivity index (χ2v) is 7.66. The molecule has 3 aromatic rings. The summed E-state index contributed by atoms with van der Waals surface area (Å²) >= 11 is 0. The molecule has 0 amide bonds. The van der Waals surface area contributed by atoms with Crippen LogP contribution >= 0.6 is 0 Å². The molecule has 2 fully saturated rings. The Morgan fingerprint density at radius 1 is 1.18 bits per heavy atom. The number of aryl methyl sites for hydroxylation is 1. The molecule has 2 aliphatic rings. The van der Waals surface area contributed by atoms with Gasteiger partial charge in [-0.3, -0.25) is 9.67 Å². The number of hydrogen-bond acceptors (Lipinski definition) is 6. The standard InChI is InChI=1S/C21H23N5O2/c1-14-18(12-26(24-14)17-8-15(9-17)13-27)21-11-22-19-3-2-16(10-20(19)23-21)25-4-6-28-7-5-25/h2-3,10-13,15,17H,4-9H2,1H3/t15-,17-. The normalized spacial score (nSPS) is 22.2. The monoisotopic (exact) mass is 377 g/mol. The number of carbonyl (C=O) groups excluding carboxylic acids is 1. The Bertz CT molecular complexity index is 1020. The maximum atomic E-state index is 10.9. The van der Waals surface area contributed by atoms with E-state index in [2.05, 4.69) is 27.1 Å². The van der Waals surface area contributed by atoms with Gasteiger partial charge in [0.1, 0.15) is 6.29 Å². The first-order valence-electron chi connectivity index (χ1n) is 9.82. The Morgan fingerprint density at radius 3 is 2.79 bits per heavy atom. The summed E-state index contributed by atoms with van der Waals surface area (Å²) in [5, 5.41) is 4.66. The van der Waals surface area contributed by atoms with Crippen LogP contribution in [0, 0.1) is 12.8 Å². The van der Waals surface area contributed by atoms with Crippen molar-refractivity contribution in [3.05, 3.63) is 36.3 Å². The number of aldehydes is 1. The van der Waals surface area contributed by atoms with Gasteiger partial charge in [0.2, 0.25) is 0 Å². The molecule has 3 heterocycles. The molecule has 1 aromatic carbocycles. The van der Waals surface area contributed by atoms with Crippen molar-refractivity contribution in [2.75, 3.05) is 31.2 Å². The highest BCUT2D eigenvalue weighted by molar-refractivity contribution is 5.81. The van der Waals surface area contributed by atoms with Crippen LogP contribution in [0.2, 0.25) is 0 Å². The molecular weight excluding hydrogens is 354 g/mol. The van der Waals surface area contributed by atoms with Crippen LogP contribution in [0.1, 0.15) is 24.6 Å². The van der Waals surface area contributed by atoms with Crippen LogP contribution in [0.15, 0.2) is 30.6 Å². The number of morpholine rings is 1. The van der Waals surface area contributed by atoms with Gasteiger partial charge in [0.25, 0.3) is 0 Å². The summed E-state index contributed by atoms with van der Waals surface area (Å²) in [6, 6.07) is 6.55. The minimum Gasteiger partial charge on any atom is -0.378 e. The van der Waals surface area contributed by atoms with Crippen molar-refractivity contribution < 1.29 is 9.53 Å². The van der Waals surface area contributed by atoms with E-state index in [0.717, 1.165) is 79.1 Å². The molecule has 0 unspecified atom stereocenters. The molecule has 7 heteroatoms. The molecule has 0 radical (unpaired) electrons. The molecule has 1 saturated carbocycles. The van der Waals surface area contributed by atoms with Crippen molar-refractivity contribution in [1.29, 1.82) is 0 Å². The molecule has 0 spiro atoms. The quantitative estimate of drug-likeness (QED) is 0.651. The van der Waals surface area contributed by atoms with Gasteiger partial charge in [-0.2, -0.15) is 5.10 Å². The largest absolute Gasteiger partial charge is 0.378 e. The third kappa shape index (κ3) is 3.05. The van der Waals surface area contributed by atoms with Crippen molar-refractivity contribution in [3.8, 4) is 11.3 Å². The second kappa shape index (κ2) is 6.98. The number of nitrogens with zero attached hydrogens (tertiary/aromatic N) is 5. The first-order valence-corrected chi connectivity index (χ1v) is 9.82. The van der Waals surface area contributed by atoms with Crippen LogP contribution < -0.4 is 4.90 Å². The number of aromatic nitrogens is 4. The molecule has 2 aromatic heterocycles. The van der Waals surface area contributed by atoms with Gasteiger partial charge in [-0.25, -0.2) is 4.98 Å². The van der Waals surface area contributed by atoms with E-state index in [-0.39, 0.29) is 5.92 Å². The lowest BCUT2D eigenvalue weighted by Crippen LogP contribution is -2.36. The van der Waals surface area contributed by atoms with Crippen LogP contribution in [0.3, 0.4) is 0 Å². The van der Waals surface area contributed by atoms with E-state index in [1.165, 1.54) is 0 Å². The van der Waals surface area contributed by atoms with E-state index in [0.29, 0.717) is 6.04 Å². The molecule has 28 heavy (non-hydrogen) atoms. The van der Waals surface area contributed by atoms with Gasteiger partial charge in [0, 0.05) is 36.5 Å². The summed E-state index contributed by atoms with van der Waals surface area (Å²) in [7, 11) is 0. The Morgan fingerprint density at radius 2 is 2.00 bits per heavy atom. The Labute approximate surface area is 163 Å². The van der Waals surface area contributed by atoms with Crippen LogP contribution in [0.25, 0.3) is 22.3 Å². The van der Waals surface area contributed by atoms with Gasteiger partial charge in [-0.15, -0.1) is 0 Å². The number of fused-ring (bicyclic) bond motifs is 1. The highest BCUT2D eigenvalue weighted by atomic mass is 16.5. The predicted molar refractivity (Wildman–Crippen MR) is 106 cm³/mol. The number of rotatable bonds is 4. The third-order valence-electron chi connectivity index (χ3n) is 5.81. The van der Waals surface area contributed by atoms with Crippen molar-refractivity contribution in [1.82, 2.24) is 19.7 Å². The van der Waals surface area contributed by atoms with E-state index in [9.17, 15) is 4.79 Å². The lowest BCUT2D eigenvalue weighted by atomic mass is 9.81. The number of carbonyl (C=O) groups is 1. The molecule has 1 aliphatic carbocycles. The van der Waals surface area contributed by atoms with Crippen LogP contribution in [-0.2, 0) is 9.53 Å². The fraction of sp³-hybridized carbons (Fsp3) is 0.429. The molecule has 0 bridgehead atoms. The minimum absolute atomic E-state index is 0.178. The summed E-state index contributed by atoms with van der Waals surface area (Å²) in [6.07, 6.45) is 6.66. The van der Waals surface area contributed by atoms with Crippen molar-refractivity contribution >= 4 is 23.0 Å². The zero-order valence-electron chi connectivity index (χ0n) is 15.9. The number of anilines is 1. The second-order valence-electron chi connectivity index (χ2n) is 7.66. The Kier molecular flexibility index (Phi) is 4.31. The van der Waals surface area contributed by atoms with E-state index < -0.39 is 0 Å². The van der Waals surface area contributed by atoms with Gasteiger partial charge in [0.15, 0.2) is 0 Å². The maximum Gasteiger partial charge on any atom is 0.123 e. The zero-order chi connectivity index (χ0) is 19.1. The number of hydrogen-bond donors (Lipinski definition) is 0. The average Bonchev–Trinajstić information content (AvgIpc) is 3.08. The minimum atomic E-state index is 0.178. The smallest absolute Gasteiger partial charge is 0.123 e. The first kappa shape index (κ1) is 17.3. The Hall–Kier alpha value is -2.80. The first-order chi connectivity index (χ1) is 13.7. The van der Waals surface area contributed by atoms with Crippen molar-refractivity contribution in [3.63, 3.8) is 0 Å². The van der Waals surface area contributed by atoms with Crippen molar-refractivity contribution in [2.45, 2.75) is 25.8 Å². The van der Waals surface area contributed by atoms with Gasteiger partial charge in [-0.1, -0.05) is 0 Å². The maximum absolute atomic E-state index is 10.9. The third-order valence-corrected chi connectivity index (χ3v) is 5.81. The highest BCUT2D eigenvalue weighted by Crippen LogP contribution is 2.37. The summed E-state index contributed by atoms with van der Waals surface area (Å²) < 4.78 is 7.44. The van der Waals surface area contributed by atoms with Crippen LogP contribution in [0.5, 0.6) is 0 Å². The molecule has 0 N–H and O–H groups in total. The predicted octanol–water partition coefficient (Wildman–Crippen LogP) is 2.79. The van der Waals surface area contributed by atoms with Gasteiger partial charge >= 0.3 is 0 Å². The van der Waals surface area contributed by atoms with Gasteiger partial charge in [0.05, 0.1) is 47.9 Å². The molecule has 144 valence electrons. The zero-order valence-corrected chi connectivity index (χ0v) is 15.9. The average molecular weight is 377 g/mol. The molecule has 5 rings (SSSR count). The molecule has 1 aliphatic heterocycles. The van der Waals surface area contributed by atoms with Gasteiger partial charge in [-0.05, 0) is 38.0 Å². The topological polar surface area (TPSA) is 73.1 Å². The molecule has 1 saturated heterocycles. The van der Waals surface area contributed by atoms with E-state index in [1.807, 2.05) is 30.1 Å². The lowest BCUT2D eigenvalue weighted by Gasteiger charge is -2.31. The SMILES string of the molecule is Cc1nn([C@H]2C[C@H](C=O)C2)cc1-c1cnc2ccc(N3CCOCC3)cc2n1. The molecule has 7 nitrogen and oxygen atoms in total. The van der Waals surface area contributed by atoms with E-state index in [1.54, 1.807) is 0 Å². The van der Waals surface area contributed by atoms with Crippen molar-refractivity contribution in [2.24, 2.45) is 5.92 Å². The number of ether oxygens (including phenoxy) is 1. The van der Waals surface area contributed by atoms with Crippen LogP contribution in [-0.4, -0.2) is 52.3 Å². The fourth-order valence-corrected chi connectivity index (χ4v) is 4.03. The van der Waals surface area contributed by atoms with Gasteiger partial charge < -0.3 is 14.4 Å². The summed E-state index contributed by atoms with van der Waals surface area (Å²) in [5.74, 6) is 0.178. The van der Waals surface area contributed by atoms with E-state index in [4.69, 9.17) is 9.72 Å². The fourth-order valence-electron chi connectivity index (χ4n) is 4.03. The summed E-state index contributed by atoms with van der Waals surface area (Å²) in [4.78, 5) is 22.7. The highest BCUT2D eigenvalue weighted by Gasteiger charge is 2.31. The number of benzene rings is 1. The summed E-state index contributed by atoms with van der Waals surface area (Å²) in [6.45, 7) is 5.31. The molecular formula is C21H23N5O2.